The van der Waals surface area contributed by atoms with Crippen molar-refractivity contribution in [2.45, 2.75) is 25.7 Å². The van der Waals surface area contributed by atoms with Crippen LogP contribution >= 0.6 is 0 Å². The summed E-state index contributed by atoms with van der Waals surface area (Å²) < 4.78 is 27.3. The van der Waals surface area contributed by atoms with Crippen molar-refractivity contribution >= 4 is 33.2 Å². The van der Waals surface area contributed by atoms with Crippen LogP contribution in [0.3, 0.4) is 0 Å². The van der Waals surface area contributed by atoms with E-state index < -0.39 is 22.5 Å². The number of sulfonamides is 1. The van der Waals surface area contributed by atoms with Crippen molar-refractivity contribution < 1.29 is 18.0 Å². The van der Waals surface area contributed by atoms with Crippen molar-refractivity contribution in [1.29, 1.82) is 0 Å². The van der Waals surface area contributed by atoms with Crippen molar-refractivity contribution in [1.82, 2.24) is 0 Å². The number of carbonyl (C=O) groups is 2. The van der Waals surface area contributed by atoms with Crippen molar-refractivity contribution in [3.05, 3.63) is 53.6 Å². The number of amides is 2. The first-order chi connectivity index (χ1) is 12.1. The Balaban J connectivity index is 2.53. The molecule has 2 amide bonds. The second-order valence-electron chi connectivity index (χ2n) is 5.92. The predicted molar refractivity (Wildman–Crippen MR) is 100 cm³/mol. The summed E-state index contributed by atoms with van der Waals surface area (Å²) in [6, 6.07) is 11.1. The van der Waals surface area contributed by atoms with Crippen molar-refractivity contribution in [3.8, 4) is 0 Å². The smallest absolute Gasteiger partial charge is 0.264 e. The van der Waals surface area contributed by atoms with Crippen LogP contribution in [0.25, 0.3) is 0 Å². The molecule has 0 aliphatic carbocycles. The fourth-order valence-corrected chi connectivity index (χ4v) is 4.23. The summed E-state index contributed by atoms with van der Waals surface area (Å²) in [6.07, 6.45) is 0. The number of hydrogen-bond donors (Lipinski definition) is 2. The Morgan fingerprint density at radius 2 is 1.58 bits per heavy atom. The topological polar surface area (TPSA) is 110 Å². The molecule has 26 heavy (non-hydrogen) atoms. The van der Waals surface area contributed by atoms with E-state index in [1.54, 1.807) is 26.0 Å². The minimum Gasteiger partial charge on any atom is -0.368 e. The number of primary amides is 1. The fourth-order valence-electron chi connectivity index (χ4n) is 2.67. The number of benzene rings is 2. The standard InChI is InChI=1S/C18H21N3O4S/c1-12-5-4-6-13(2)18(12)21(11-17(19)23)26(24,25)16-9-7-15(8-10-16)20-14(3)22/h4-10H,11H2,1-3H3,(H2,19,23)(H,20,22). The van der Waals surface area contributed by atoms with Crippen LogP contribution < -0.4 is 15.4 Å². The Morgan fingerprint density at radius 3 is 2.04 bits per heavy atom. The summed E-state index contributed by atoms with van der Waals surface area (Å²) >= 11 is 0. The molecule has 2 aromatic rings. The largest absolute Gasteiger partial charge is 0.368 e. The zero-order chi connectivity index (χ0) is 19.5. The minimum atomic E-state index is -4.02. The summed E-state index contributed by atoms with van der Waals surface area (Å²) in [5, 5.41) is 2.57. The van der Waals surface area contributed by atoms with E-state index in [2.05, 4.69) is 5.32 Å². The highest BCUT2D eigenvalue weighted by Crippen LogP contribution is 2.30. The average Bonchev–Trinajstić information content (AvgIpc) is 2.53. The molecule has 0 aliphatic rings. The summed E-state index contributed by atoms with van der Waals surface area (Å²) in [7, 11) is -4.02. The summed E-state index contributed by atoms with van der Waals surface area (Å²) in [5.41, 5.74) is 7.62. The van der Waals surface area contributed by atoms with Gasteiger partial charge in [-0.2, -0.15) is 0 Å². The van der Waals surface area contributed by atoms with Crippen LogP contribution in [0.2, 0.25) is 0 Å². The first kappa shape index (κ1) is 19.5. The average molecular weight is 375 g/mol. The number of para-hydroxylation sites is 1. The molecular formula is C18H21N3O4S. The number of aryl methyl sites for hydroxylation is 2. The molecule has 0 aromatic heterocycles. The Hall–Kier alpha value is -2.87. The first-order valence-electron chi connectivity index (χ1n) is 7.88. The van der Waals surface area contributed by atoms with Gasteiger partial charge in [0.05, 0.1) is 10.6 Å². The molecule has 3 N–H and O–H groups in total. The fraction of sp³-hybridized carbons (Fsp3) is 0.222. The molecule has 0 radical (unpaired) electrons. The monoisotopic (exact) mass is 375 g/mol. The van der Waals surface area contributed by atoms with Crippen LogP contribution in [0.15, 0.2) is 47.4 Å². The zero-order valence-electron chi connectivity index (χ0n) is 14.8. The van der Waals surface area contributed by atoms with Gasteiger partial charge >= 0.3 is 0 Å². The summed E-state index contributed by atoms with van der Waals surface area (Å²) in [4.78, 5) is 22.6. The lowest BCUT2D eigenvalue weighted by atomic mass is 10.1. The molecule has 0 fully saturated rings. The van der Waals surface area contributed by atoms with Crippen molar-refractivity contribution in [3.63, 3.8) is 0 Å². The van der Waals surface area contributed by atoms with Crippen LogP contribution in [0.4, 0.5) is 11.4 Å². The van der Waals surface area contributed by atoms with Gasteiger partial charge in [0.25, 0.3) is 10.0 Å². The van der Waals surface area contributed by atoms with Crippen LogP contribution in [0.5, 0.6) is 0 Å². The SMILES string of the molecule is CC(=O)Nc1ccc(S(=O)(=O)N(CC(N)=O)c2c(C)cccc2C)cc1. The lowest BCUT2D eigenvalue weighted by molar-refractivity contribution is -0.116. The second-order valence-corrected chi connectivity index (χ2v) is 7.79. The van der Waals surface area contributed by atoms with Gasteiger partial charge in [0.2, 0.25) is 11.8 Å². The van der Waals surface area contributed by atoms with Crippen molar-refractivity contribution in [2.24, 2.45) is 5.73 Å². The number of rotatable bonds is 6. The first-order valence-corrected chi connectivity index (χ1v) is 9.32. The molecule has 0 atom stereocenters. The summed E-state index contributed by atoms with van der Waals surface area (Å²) in [6.45, 7) is 4.43. The highest BCUT2D eigenvalue weighted by molar-refractivity contribution is 7.92. The van der Waals surface area contributed by atoms with E-state index in [0.717, 1.165) is 4.31 Å². The molecule has 0 saturated heterocycles. The molecule has 0 heterocycles. The maximum absolute atomic E-state index is 13.1. The van der Waals surface area contributed by atoms with Crippen LogP contribution in [0.1, 0.15) is 18.1 Å². The predicted octanol–water partition coefficient (Wildman–Crippen LogP) is 1.94. The normalized spacial score (nSPS) is 11.0. The third kappa shape index (κ3) is 4.20. The minimum absolute atomic E-state index is 0.00416. The molecule has 7 nitrogen and oxygen atoms in total. The number of nitrogens with one attached hydrogen (secondary N) is 1. The van der Waals surface area contributed by atoms with Crippen molar-refractivity contribution in [2.75, 3.05) is 16.2 Å². The molecule has 2 rings (SSSR count). The van der Waals surface area contributed by atoms with E-state index in [0.29, 0.717) is 22.5 Å². The van der Waals surface area contributed by atoms with Gasteiger partial charge in [0.15, 0.2) is 0 Å². The second kappa shape index (κ2) is 7.57. The van der Waals surface area contributed by atoms with Gasteiger partial charge in [-0.1, -0.05) is 18.2 Å². The molecule has 0 aliphatic heterocycles. The van der Waals surface area contributed by atoms with E-state index in [4.69, 9.17) is 5.73 Å². The van der Waals surface area contributed by atoms with Crippen LogP contribution in [-0.2, 0) is 19.6 Å². The van der Waals surface area contributed by atoms with E-state index in [1.165, 1.54) is 31.2 Å². The third-order valence-electron chi connectivity index (χ3n) is 3.75. The molecular weight excluding hydrogens is 354 g/mol. The summed E-state index contributed by atoms with van der Waals surface area (Å²) in [5.74, 6) is -1.02. The van der Waals surface area contributed by atoms with Gasteiger partial charge in [0.1, 0.15) is 6.54 Å². The van der Waals surface area contributed by atoms with Crippen LogP contribution in [0, 0.1) is 13.8 Å². The zero-order valence-corrected chi connectivity index (χ0v) is 15.6. The highest BCUT2D eigenvalue weighted by atomic mass is 32.2. The van der Waals surface area contributed by atoms with Gasteiger partial charge in [-0.15, -0.1) is 0 Å². The number of nitrogens with zero attached hydrogens (tertiary/aromatic N) is 1. The van der Waals surface area contributed by atoms with E-state index in [-0.39, 0.29) is 10.8 Å². The molecule has 2 aromatic carbocycles. The van der Waals surface area contributed by atoms with Gasteiger partial charge in [-0.25, -0.2) is 8.42 Å². The Kier molecular flexibility index (Phi) is 5.66. The molecule has 0 unspecified atom stereocenters. The van der Waals surface area contributed by atoms with Gasteiger partial charge in [0, 0.05) is 12.6 Å². The molecule has 8 heteroatoms. The number of carbonyl (C=O) groups excluding carboxylic acids is 2. The van der Waals surface area contributed by atoms with E-state index in [1.807, 2.05) is 6.07 Å². The Morgan fingerprint density at radius 1 is 1.04 bits per heavy atom. The number of anilines is 2. The van der Waals surface area contributed by atoms with Crippen LogP contribution in [-0.4, -0.2) is 26.8 Å². The van der Waals surface area contributed by atoms with Gasteiger partial charge in [-0.3, -0.25) is 13.9 Å². The lowest BCUT2D eigenvalue weighted by Gasteiger charge is -2.26. The van der Waals surface area contributed by atoms with Gasteiger partial charge in [-0.05, 0) is 49.2 Å². The third-order valence-corrected chi connectivity index (χ3v) is 5.51. The lowest BCUT2D eigenvalue weighted by Crippen LogP contribution is -2.39. The maximum atomic E-state index is 13.1. The number of nitrogens with two attached hydrogens (primary N) is 1. The highest BCUT2D eigenvalue weighted by Gasteiger charge is 2.28. The molecule has 138 valence electrons. The quantitative estimate of drug-likeness (QED) is 0.804. The number of hydrogen-bond acceptors (Lipinski definition) is 4. The van der Waals surface area contributed by atoms with E-state index in [9.17, 15) is 18.0 Å². The van der Waals surface area contributed by atoms with E-state index >= 15 is 0 Å². The molecule has 0 spiro atoms. The van der Waals surface area contributed by atoms with Gasteiger partial charge < -0.3 is 11.1 Å². The maximum Gasteiger partial charge on any atom is 0.264 e. The molecule has 0 saturated carbocycles. The Labute approximate surface area is 152 Å². The molecule has 0 bridgehead atoms. The Bertz CT molecular complexity index is 917.